The minimum absolute atomic E-state index is 0.0458. The lowest BCUT2D eigenvalue weighted by atomic mass is 9.68. The Morgan fingerprint density at radius 3 is 2.34 bits per heavy atom. The molecule has 0 N–H and O–H groups in total. The van der Waals surface area contributed by atoms with E-state index >= 15 is 0 Å². The second-order valence-corrected chi connectivity index (χ2v) is 14.5. The molecule has 4 rings (SSSR count). The van der Waals surface area contributed by atoms with Crippen molar-refractivity contribution >= 4 is 14.3 Å². The summed E-state index contributed by atoms with van der Waals surface area (Å²) in [6.07, 6.45) is 2.93. The van der Waals surface area contributed by atoms with E-state index in [2.05, 4.69) is 58.1 Å². The number of esters is 1. The van der Waals surface area contributed by atoms with Crippen LogP contribution in [0.3, 0.4) is 0 Å². The molecule has 3 atom stereocenters. The molecule has 1 aliphatic carbocycles. The van der Waals surface area contributed by atoms with Gasteiger partial charge in [-0.2, -0.15) is 0 Å². The number of carbonyl (C=O) groups excluding carboxylic acids is 1. The molecule has 0 amide bonds. The standard InChI is InChI=1S/C25H30O3Si/c1-25(2,3)29(4,5)28-18-15-20(17-11-7-6-8-12-17)23-21(16-18)19-13-9-10-14-22(19)27-24(23)26/h6-15,20-21,23H,16H2,1-5H3. The topological polar surface area (TPSA) is 35.5 Å². The van der Waals surface area contributed by atoms with E-state index < -0.39 is 8.32 Å². The van der Waals surface area contributed by atoms with Crippen LogP contribution in [0, 0.1) is 5.92 Å². The molecular formula is C25H30O3Si. The number of allylic oxidation sites excluding steroid dienone is 2. The van der Waals surface area contributed by atoms with Crippen LogP contribution in [-0.2, 0) is 9.22 Å². The average Bonchev–Trinajstić information content (AvgIpc) is 2.67. The van der Waals surface area contributed by atoms with Gasteiger partial charge in [0, 0.05) is 18.3 Å². The third kappa shape index (κ3) is 3.66. The van der Waals surface area contributed by atoms with Crippen LogP contribution in [0.25, 0.3) is 0 Å². The van der Waals surface area contributed by atoms with E-state index in [0.29, 0.717) is 5.75 Å². The van der Waals surface area contributed by atoms with E-state index in [-0.39, 0.29) is 28.8 Å². The van der Waals surface area contributed by atoms with Gasteiger partial charge >= 0.3 is 5.97 Å². The Balaban J connectivity index is 1.79. The monoisotopic (exact) mass is 406 g/mol. The lowest BCUT2D eigenvalue weighted by Crippen LogP contribution is -2.43. The van der Waals surface area contributed by atoms with Gasteiger partial charge in [-0.1, -0.05) is 69.3 Å². The van der Waals surface area contributed by atoms with Crippen LogP contribution in [0.5, 0.6) is 5.75 Å². The molecule has 2 aromatic carbocycles. The summed E-state index contributed by atoms with van der Waals surface area (Å²) in [5, 5.41) is 0.121. The minimum atomic E-state index is -1.97. The molecule has 3 unspecified atom stereocenters. The summed E-state index contributed by atoms with van der Waals surface area (Å²) in [5.41, 5.74) is 2.25. The predicted octanol–water partition coefficient (Wildman–Crippen LogP) is 6.40. The number of hydrogen-bond donors (Lipinski definition) is 0. The molecule has 1 aliphatic heterocycles. The zero-order chi connectivity index (χ0) is 20.8. The molecule has 0 saturated carbocycles. The summed E-state index contributed by atoms with van der Waals surface area (Å²) >= 11 is 0. The van der Waals surface area contributed by atoms with Crippen molar-refractivity contribution in [2.45, 2.75) is 57.2 Å². The molecule has 1 heterocycles. The fraction of sp³-hybridized carbons (Fsp3) is 0.400. The maximum atomic E-state index is 13.0. The van der Waals surface area contributed by atoms with Crippen LogP contribution in [0.2, 0.25) is 18.1 Å². The van der Waals surface area contributed by atoms with E-state index in [1.165, 1.54) is 0 Å². The summed E-state index contributed by atoms with van der Waals surface area (Å²) in [5.74, 6) is 1.39. The van der Waals surface area contributed by atoms with E-state index in [1.54, 1.807) is 0 Å². The van der Waals surface area contributed by atoms with Gasteiger partial charge in [0.05, 0.1) is 11.7 Å². The van der Waals surface area contributed by atoms with Crippen LogP contribution in [0.1, 0.15) is 50.2 Å². The number of fused-ring (bicyclic) bond motifs is 3. The highest BCUT2D eigenvalue weighted by Crippen LogP contribution is 2.52. The van der Waals surface area contributed by atoms with Gasteiger partial charge in [0.1, 0.15) is 5.75 Å². The normalized spacial score (nSPS) is 24.1. The summed E-state index contributed by atoms with van der Waals surface area (Å²) in [6, 6.07) is 18.2. The van der Waals surface area contributed by atoms with Crippen LogP contribution in [-0.4, -0.2) is 14.3 Å². The van der Waals surface area contributed by atoms with Crippen molar-refractivity contribution in [3.8, 4) is 5.75 Å². The largest absolute Gasteiger partial charge is 0.547 e. The minimum Gasteiger partial charge on any atom is -0.547 e. The SMILES string of the molecule is CC(C)(C)[Si](C)(C)OC1=CC(c2ccccc2)C2C(=O)Oc3ccccc3C2C1. The predicted molar refractivity (Wildman–Crippen MR) is 118 cm³/mol. The maximum absolute atomic E-state index is 13.0. The van der Waals surface area contributed by atoms with Crippen LogP contribution in [0.15, 0.2) is 66.4 Å². The van der Waals surface area contributed by atoms with Gasteiger partial charge < -0.3 is 9.16 Å². The number of hydrogen-bond acceptors (Lipinski definition) is 3. The first kappa shape index (κ1) is 20.0. The first-order valence-corrected chi connectivity index (χ1v) is 13.3. The zero-order valence-corrected chi connectivity index (χ0v) is 18.9. The van der Waals surface area contributed by atoms with Crippen molar-refractivity contribution in [1.82, 2.24) is 0 Å². The third-order valence-electron chi connectivity index (χ3n) is 6.79. The molecule has 0 aromatic heterocycles. The highest BCUT2D eigenvalue weighted by molar-refractivity contribution is 6.74. The van der Waals surface area contributed by atoms with E-state index in [1.807, 2.05) is 36.4 Å². The molecule has 0 spiro atoms. The molecule has 2 aromatic rings. The molecule has 152 valence electrons. The van der Waals surface area contributed by atoms with Gasteiger partial charge in [-0.15, -0.1) is 0 Å². The van der Waals surface area contributed by atoms with Crippen LogP contribution in [0.4, 0.5) is 0 Å². The second-order valence-electron chi connectivity index (χ2n) is 9.73. The number of benzene rings is 2. The first-order chi connectivity index (χ1) is 13.7. The van der Waals surface area contributed by atoms with Crippen molar-refractivity contribution in [3.63, 3.8) is 0 Å². The lowest BCUT2D eigenvalue weighted by molar-refractivity contribution is -0.142. The Morgan fingerprint density at radius 2 is 1.66 bits per heavy atom. The fourth-order valence-electron chi connectivity index (χ4n) is 4.17. The smallest absolute Gasteiger partial charge is 0.315 e. The molecule has 0 saturated heterocycles. The van der Waals surface area contributed by atoms with Crippen molar-refractivity contribution in [3.05, 3.63) is 77.6 Å². The van der Waals surface area contributed by atoms with Gasteiger partial charge in [0.25, 0.3) is 0 Å². The molecule has 2 aliphatic rings. The Bertz CT molecular complexity index is 940. The zero-order valence-electron chi connectivity index (χ0n) is 17.9. The number of ether oxygens (including phenoxy) is 1. The van der Waals surface area contributed by atoms with Crippen LogP contribution >= 0.6 is 0 Å². The molecule has 0 radical (unpaired) electrons. The Hall–Kier alpha value is -2.33. The molecule has 0 bridgehead atoms. The van der Waals surface area contributed by atoms with Crippen LogP contribution < -0.4 is 4.74 Å². The van der Waals surface area contributed by atoms with E-state index in [9.17, 15) is 4.79 Å². The van der Waals surface area contributed by atoms with Gasteiger partial charge in [0.15, 0.2) is 0 Å². The Morgan fingerprint density at radius 1 is 1.00 bits per heavy atom. The molecular weight excluding hydrogens is 376 g/mol. The summed E-state index contributed by atoms with van der Waals surface area (Å²) < 4.78 is 12.5. The summed E-state index contributed by atoms with van der Waals surface area (Å²) in [4.78, 5) is 13.0. The van der Waals surface area contributed by atoms with Gasteiger partial charge in [0.2, 0.25) is 8.32 Å². The Labute approximate surface area is 174 Å². The molecule has 4 heteroatoms. The van der Waals surface area contributed by atoms with Crippen molar-refractivity contribution in [2.75, 3.05) is 0 Å². The number of carbonyl (C=O) groups is 1. The van der Waals surface area contributed by atoms with Gasteiger partial charge in [-0.3, -0.25) is 4.79 Å². The average molecular weight is 407 g/mol. The lowest BCUT2D eigenvalue weighted by Gasteiger charge is -2.43. The highest BCUT2D eigenvalue weighted by Gasteiger charge is 2.47. The number of rotatable bonds is 3. The van der Waals surface area contributed by atoms with Crippen molar-refractivity contribution in [2.24, 2.45) is 5.92 Å². The van der Waals surface area contributed by atoms with Crippen molar-refractivity contribution in [1.29, 1.82) is 0 Å². The highest BCUT2D eigenvalue weighted by atomic mass is 28.4. The van der Waals surface area contributed by atoms with Gasteiger partial charge in [-0.05, 0) is 41.4 Å². The van der Waals surface area contributed by atoms with Gasteiger partial charge in [-0.25, -0.2) is 0 Å². The maximum Gasteiger partial charge on any atom is 0.315 e. The summed E-state index contributed by atoms with van der Waals surface area (Å²) in [6.45, 7) is 11.3. The van der Waals surface area contributed by atoms with E-state index in [4.69, 9.17) is 9.16 Å². The molecule has 3 nitrogen and oxygen atoms in total. The first-order valence-electron chi connectivity index (χ1n) is 10.4. The second kappa shape index (κ2) is 7.17. The number of para-hydroxylation sites is 1. The summed E-state index contributed by atoms with van der Waals surface area (Å²) in [7, 11) is -1.97. The van der Waals surface area contributed by atoms with E-state index in [0.717, 1.165) is 23.3 Å². The molecule has 0 fully saturated rings. The quantitative estimate of drug-likeness (QED) is 0.336. The van der Waals surface area contributed by atoms with Crippen molar-refractivity contribution < 1.29 is 14.0 Å². The Kier molecular flexibility index (Phi) is 4.94. The third-order valence-corrected chi connectivity index (χ3v) is 11.2. The molecule has 29 heavy (non-hydrogen) atoms. The fourth-order valence-corrected chi connectivity index (χ4v) is 5.28.